The number of carbonyl (C=O) groups excluding carboxylic acids is 2. The van der Waals surface area contributed by atoms with Crippen LogP contribution in [0.1, 0.15) is 6.92 Å². The summed E-state index contributed by atoms with van der Waals surface area (Å²) in [5, 5.41) is 3.08. The van der Waals surface area contributed by atoms with Gasteiger partial charge in [-0.3, -0.25) is 4.79 Å². The Morgan fingerprint density at radius 1 is 1.33 bits per heavy atom. The smallest absolute Gasteiger partial charge is 0.330 e. The molecule has 0 aliphatic heterocycles. The van der Waals surface area contributed by atoms with Crippen molar-refractivity contribution in [2.24, 2.45) is 0 Å². The molecule has 1 aromatic rings. The summed E-state index contributed by atoms with van der Waals surface area (Å²) < 4.78 is 4.63. The lowest BCUT2D eigenvalue weighted by molar-refractivity contribution is -0.137. The van der Waals surface area contributed by atoms with Crippen LogP contribution in [-0.2, 0) is 14.3 Å². The van der Waals surface area contributed by atoms with Crippen LogP contribution < -0.4 is 5.32 Å². The van der Waals surface area contributed by atoms with Gasteiger partial charge < -0.3 is 10.1 Å². The largest absolute Gasteiger partial charge is 0.463 e. The van der Waals surface area contributed by atoms with Gasteiger partial charge in [-0.2, -0.15) is 0 Å². The highest BCUT2D eigenvalue weighted by Gasteiger charge is 2.06. The van der Waals surface area contributed by atoms with Gasteiger partial charge in [0, 0.05) is 12.2 Å². The van der Waals surface area contributed by atoms with Crippen molar-refractivity contribution in [2.45, 2.75) is 6.92 Å². The number of amides is 1. The maximum absolute atomic E-state index is 11.5. The average Bonchev–Trinajstić information content (AvgIpc) is 2.33. The van der Waals surface area contributed by atoms with Gasteiger partial charge in [0.25, 0.3) is 0 Å². The van der Waals surface area contributed by atoms with Gasteiger partial charge in [0.15, 0.2) is 0 Å². The van der Waals surface area contributed by atoms with Crippen molar-refractivity contribution in [3.63, 3.8) is 0 Å². The Morgan fingerprint density at radius 3 is 2.72 bits per heavy atom. The van der Waals surface area contributed by atoms with Crippen LogP contribution in [0.3, 0.4) is 0 Å². The summed E-state index contributed by atoms with van der Waals surface area (Å²) in [6.45, 7) is 1.93. The molecule has 0 saturated heterocycles. The fourth-order valence-corrected chi connectivity index (χ4v) is 1.46. The number of halogens is 2. The number of nitrogens with one attached hydrogen (secondary N) is 1. The van der Waals surface area contributed by atoms with E-state index in [4.69, 9.17) is 23.2 Å². The zero-order valence-electron chi connectivity index (χ0n) is 9.57. The SMILES string of the molecule is CCOC(=O)/C=C\C(=O)Nc1cccc(Cl)c1Cl. The molecule has 4 nitrogen and oxygen atoms in total. The molecule has 0 spiro atoms. The fraction of sp³-hybridized carbons (Fsp3) is 0.167. The Hall–Kier alpha value is -1.52. The van der Waals surface area contributed by atoms with E-state index in [0.717, 1.165) is 12.2 Å². The third-order valence-electron chi connectivity index (χ3n) is 1.87. The van der Waals surface area contributed by atoms with E-state index in [1.54, 1.807) is 25.1 Å². The molecular weight excluding hydrogens is 277 g/mol. The van der Waals surface area contributed by atoms with Crippen LogP contribution in [0.4, 0.5) is 5.69 Å². The third-order valence-corrected chi connectivity index (χ3v) is 2.69. The molecular formula is C12H11Cl2NO3. The molecule has 1 amide bonds. The average molecular weight is 288 g/mol. The summed E-state index contributed by atoms with van der Waals surface area (Å²) in [6.07, 6.45) is 2.10. The molecule has 1 rings (SSSR count). The van der Waals surface area contributed by atoms with Crippen molar-refractivity contribution in [3.8, 4) is 0 Å². The standard InChI is InChI=1S/C12H11Cl2NO3/c1-2-18-11(17)7-6-10(16)15-9-5-3-4-8(13)12(9)14/h3-7H,2H2,1H3,(H,15,16)/b7-6-. The summed E-state index contributed by atoms with van der Waals surface area (Å²) >= 11 is 11.7. The summed E-state index contributed by atoms with van der Waals surface area (Å²) in [5.74, 6) is -1.07. The monoisotopic (exact) mass is 287 g/mol. The van der Waals surface area contributed by atoms with Crippen molar-refractivity contribution in [1.82, 2.24) is 0 Å². The number of benzene rings is 1. The first kappa shape index (κ1) is 14.5. The minimum Gasteiger partial charge on any atom is -0.463 e. The number of rotatable bonds is 4. The molecule has 0 aliphatic rings. The second-order valence-corrected chi connectivity index (χ2v) is 3.96. The summed E-state index contributed by atoms with van der Waals surface area (Å²) in [6, 6.07) is 4.86. The van der Waals surface area contributed by atoms with E-state index in [-0.39, 0.29) is 11.6 Å². The number of hydrogen-bond acceptors (Lipinski definition) is 3. The molecule has 0 fully saturated rings. The number of carbonyl (C=O) groups is 2. The van der Waals surface area contributed by atoms with E-state index in [1.807, 2.05) is 0 Å². The van der Waals surface area contributed by atoms with Gasteiger partial charge in [-0.05, 0) is 19.1 Å². The Balaban J connectivity index is 2.65. The molecule has 0 bridgehead atoms. The molecule has 0 radical (unpaired) electrons. The summed E-state index contributed by atoms with van der Waals surface area (Å²) in [4.78, 5) is 22.5. The van der Waals surface area contributed by atoms with Crippen molar-refractivity contribution < 1.29 is 14.3 Å². The predicted molar refractivity (Wildman–Crippen MR) is 70.9 cm³/mol. The van der Waals surface area contributed by atoms with Gasteiger partial charge in [-0.1, -0.05) is 29.3 Å². The number of ether oxygens (including phenoxy) is 1. The normalized spacial score (nSPS) is 10.4. The number of esters is 1. The van der Waals surface area contributed by atoms with Gasteiger partial charge >= 0.3 is 5.97 Å². The molecule has 1 N–H and O–H groups in total. The van der Waals surface area contributed by atoms with E-state index >= 15 is 0 Å². The van der Waals surface area contributed by atoms with Crippen LogP contribution >= 0.6 is 23.2 Å². The molecule has 0 aliphatic carbocycles. The Morgan fingerprint density at radius 2 is 2.06 bits per heavy atom. The van der Waals surface area contributed by atoms with Crippen LogP contribution in [0.2, 0.25) is 10.0 Å². The van der Waals surface area contributed by atoms with Crippen molar-refractivity contribution in [3.05, 3.63) is 40.4 Å². The second-order valence-electron chi connectivity index (χ2n) is 3.18. The maximum atomic E-state index is 11.5. The summed E-state index contributed by atoms with van der Waals surface area (Å²) in [5.41, 5.74) is 0.377. The van der Waals surface area contributed by atoms with Gasteiger partial charge in [0.2, 0.25) is 5.91 Å². The Kier molecular flexibility index (Phi) is 5.68. The molecule has 0 unspecified atom stereocenters. The maximum Gasteiger partial charge on any atom is 0.330 e. The first-order valence-electron chi connectivity index (χ1n) is 5.14. The molecule has 0 aromatic heterocycles. The van der Waals surface area contributed by atoms with Crippen LogP contribution in [0.5, 0.6) is 0 Å². The first-order chi connectivity index (χ1) is 8.54. The fourth-order valence-electron chi connectivity index (χ4n) is 1.11. The van der Waals surface area contributed by atoms with Crippen LogP contribution in [0, 0.1) is 0 Å². The van der Waals surface area contributed by atoms with Gasteiger partial charge in [0.1, 0.15) is 0 Å². The lowest BCUT2D eigenvalue weighted by Gasteiger charge is -2.05. The lowest BCUT2D eigenvalue weighted by Crippen LogP contribution is -2.09. The molecule has 1 aromatic carbocycles. The lowest BCUT2D eigenvalue weighted by atomic mass is 10.3. The Labute approximate surface area is 115 Å². The molecule has 0 heterocycles. The molecule has 18 heavy (non-hydrogen) atoms. The molecule has 96 valence electrons. The van der Waals surface area contributed by atoms with Crippen molar-refractivity contribution in [1.29, 1.82) is 0 Å². The molecule has 0 atom stereocenters. The number of anilines is 1. The van der Waals surface area contributed by atoms with Crippen LogP contribution in [0.25, 0.3) is 0 Å². The van der Waals surface area contributed by atoms with E-state index in [9.17, 15) is 9.59 Å². The quantitative estimate of drug-likeness (QED) is 0.684. The Bertz CT molecular complexity index is 486. The van der Waals surface area contributed by atoms with Gasteiger partial charge in [-0.25, -0.2) is 4.79 Å². The summed E-state index contributed by atoms with van der Waals surface area (Å²) in [7, 11) is 0. The van der Waals surface area contributed by atoms with E-state index < -0.39 is 11.9 Å². The highest BCUT2D eigenvalue weighted by molar-refractivity contribution is 6.44. The van der Waals surface area contributed by atoms with Crippen LogP contribution in [0.15, 0.2) is 30.4 Å². The third kappa shape index (κ3) is 4.39. The van der Waals surface area contributed by atoms with Crippen molar-refractivity contribution >= 4 is 40.8 Å². The van der Waals surface area contributed by atoms with E-state index in [0.29, 0.717) is 10.7 Å². The van der Waals surface area contributed by atoms with E-state index in [1.165, 1.54) is 0 Å². The first-order valence-corrected chi connectivity index (χ1v) is 5.90. The topological polar surface area (TPSA) is 55.4 Å². The van der Waals surface area contributed by atoms with E-state index in [2.05, 4.69) is 10.1 Å². The van der Waals surface area contributed by atoms with Crippen LogP contribution in [-0.4, -0.2) is 18.5 Å². The highest BCUT2D eigenvalue weighted by atomic mass is 35.5. The van der Waals surface area contributed by atoms with Gasteiger partial charge in [-0.15, -0.1) is 0 Å². The zero-order chi connectivity index (χ0) is 13.5. The minimum atomic E-state index is -0.579. The molecule has 0 saturated carbocycles. The second kappa shape index (κ2) is 7.03. The highest BCUT2D eigenvalue weighted by Crippen LogP contribution is 2.29. The zero-order valence-corrected chi connectivity index (χ0v) is 11.1. The van der Waals surface area contributed by atoms with Crippen molar-refractivity contribution in [2.75, 3.05) is 11.9 Å². The number of hydrogen-bond donors (Lipinski definition) is 1. The predicted octanol–water partition coefficient (Wildman–Crippen LogP) is 3.05. The minimum absolute atomic E-state index is 0.247. The molecule has 6 heteroatoms. The van der Waals surface area contributed by atoms with Gasteiger partial charge in [0.05, 0.1) is 22.3 Å².